The molecule has 4 heteroatoms. The fraction of sp³-hybridized carbons (Fsp3) is 0. The van der Waals surface area contributed by atoms with E-state index in [9.17, 15) is 5.21 Å². The molecule has 0 saturated heterocycles. The Kier molecular flexibility index (Phi) is 1.58. The quantitative estimate of drug-likeness (QED) is 0.503. The van der Waals surface area contributed by atoms with Gasteiger partial charge in [0.05, 0.1) is 5.39 Å². The first-order valence-corrected chi connectivity index (χ1v) is 4.71. The van der Waals surface area contributed by atoms with Gasteiger partial charge in [-0.3, -0.25) is 0 Å². The highest BCUT2D eigenvalue weighted by molar-refractivity contribution is 9.10. The lowest BCUT2D eigenvalue weighted by molar-refractivity contribution is -0.574. The molecule has 0 N–H and O–H groups in total. The summed E-state index contributed by atoms with van der Waals surface area (Å²) in [5.74, 6) is 0. The minimum Gasteiger partial charge on any atom is -0.618 e. The lowest BCUT2D eigenvalue weighted by Crippen LogP contribution is -2.24. The fourth-order valence-corrected chi connectivity index (χ4v) is 2.49. The SMILES string of the molecule is [O-][n+]1cccc2c(Br)csc21. The third-order valence-corrected chi connectivity index (χ3v) is 3.38. The Labute approximate surface area is 75.8 Å². The molecule has 0 bridgehead atoms. The molecule has 0 unspecified atom stereocenters. The Bertz CT molecular complexity index is 398. The van der Waals surface area contributed by atoms with E-state index in [0.29, 0.717) is 0 Å². The molecule has 2 rings (SSSR count). The largest absolute Gasteiger partial charge is 0.618 e. The van der Waals surface area contributed by atoms with Gasteiger partial charge in [0.1, 0.15) is 0 Å². The van der Waals surface area contributed by atoms with Crippen LogP contribution in [0.3, 0.4) is 0 Å². The van der Waals surface area contributed by atoms with Crippen LogP contribution in [-0.4, -0.2) is 0 Å². The van der Waals surface area contributed by atoms with Crippen LogP contribution in [0.25, 0.3) is 10.2 Å². The van der Waals surface area contributed by atoms with E-state index in [4.69, 9.17) is 0 Å². The zero-order valence-corrected chi connectivity index (χ0v) is 7.85. The summed E-state index contributed by atoms with van der Waals surface area (Å²) < 4.78 is 1.87. The molecule has 56 valence electrons. The van der Waals surface area contributed by atoms with Gasteiger partial charge in [0.15, 0.2) is 6.20 Å². The molecule has 2 nitrogen and oxygen atoms in total. The molecule has 2 aromatic rings. The number of hydrogen-bond donors (Lipinski definition) is 0. The maximum Gasteiger partial charge on any atom is 0.281 e. The summed E-state index contributed by atoms with van der Waals surface area (Å²) in [6.45, 7) is 0. The highest BCUT2D eigenvalue weighted by Crippen LogP contribution is 2.26. The Morgan fingerprint density at radius 2 is 2.36 bits per heavy atom. The van der Waals surface area contributed by atoms with Gasteiger partial charge in [-0.05, 0) is 22.0 Å². The van der Waals surface area contributed by atoms with E-state index in [-0.39, 0.29) is 0 Å². The van der Waals surface area contributed by atoms with E-state index >= 15 is 0 Å². The maximum absolute atomic E-state index is 11.1. The molecule has 0 aromatic carbocycles. The van der Waals surface area contributed by atoms with Gasteiger partial charge in [-0.15, -0.1) is 0 Å². The van der Waals surface area contributed by atoms with Crippen molar-refractivity contribution >= 4 is 37.5 Å². The molecule has 0 radical (unpaired) electrons. The number of aromatic nitrogens is 1. The zero-order valence-electron chi connectivity index (χ0n) is 5.45. The van der Waals surface area contributed by atoms with Crippen LogP contribution in [0, 0.1) is 5.21 Å². The molecule has 11 heavy (non-hydrogen) atoms. The standard InChI is InChI=1S/C7H4BrNOS/c8-6-4-11-7-5(6)2-1-3-9(7)10/h1-4H. The van der Waals surface area contributed by atoms with E-state index in [1.807, 2.05) is 11.4 Å². The number of nitrogens with zero attached hydrogens (tertiary/aromatic N) is 1. The van der Waals surface area contributed by atoms with Gasteiger partial charge >= 0.3 is 0 Å². The normalized spacial score (nSPS) is 10.6. The Hall–Kier alpha value is -0.610. The van der Waals surface area contributed by atoms with Crippen molar-refractivity contribution in [2.24, 2.45) is 0 Å². The molecule has 0 fully saturated rings. The van der Waals surface area contributed by atoms with Crippen molar-refractivity contribution in [1.29, 1.82) is 0 Å². The van der Waals surface area contributed by atoms with Gasteiger partial charge in [-0.1, -0.05) is 11.3 Å². The smallest absolute Gasteiger partial charge is 0.281 e. The molecule has 0 aliphatic carbocycles. The summed E-state index contributed by atoms with van der Waals surface area (Å²) in [6.07, 6.45) is 1.51. The van der Waals surface area contributed by atoms with E-state index in [1.165, 1.54) is 17.5 Å². The average Bonchev–Trinajstić information content (AvgIpc) is 2.35. The third-order valence-electron chi connectivity index (χ3n) is 1.45. The first-order chi connectivity index (χ1) is 5.29. The lowest BCUT2D eigenvalue weighted by atomic mass is 10.3. The number of pyridine rings is 1. The lowest BCUT2D eigenvalue weighted by Gasteiger charge is -1.94. The molecular weight excluding hydrogens is 226 g/mol. The summed E-state index contributed by atoms with van der Waals surface area (Å²) in [4.78, 5) is 0.749. The number of fused-ring (bicyclic) bond motifs is 1. The van der Waals surface area contributed by atoms with Gasteiger partial charge in [-0.2, -0.15) is 4.73 Å². The molecule has 2 heterocycles. The fourth-order valence-electron chi connectivity index (χ4n) is 0.943. The van der Waals surface area contributed by atoms with Gasteiger partial charge in [-0.25, -0.2) is 0 Å². The second-order valence-electron chi connectivity index (χ2n) is 2.14. The van der Waals surface area contributed by atoms with Crippen LogP contribution in [0.2, 0.25) is 0 Å². The van der Waals surface area contributed by atoms with Crippen molar-refractivity contribution in [2.45, 2.75) is 0 Å². The Balaban J connectivity index is 2.94. The second kappa shape index (κ2) is 2.46. The van der Waals surface area contributed by atoms with Crippen molar-refractivity contribution in [1.82, 2.24) is 0 Å². The van der Waals surface area contributed by atoms with Gasteiger partial charge in [0.25, 0.3) is 4.83 Å². The van der Waals surface area contributed by atoms with Crippen LogP contribution in [0.4, 0.5) is 0 Å². The zero-order chi connectivity index (χ0) is 7.84. The number of halogens is 1. The number of thiophene rings is 1. The highest BCUT2D eigenvalue weighted by Gasteiger charge is 2.07. The molecule has 0 amide bonds. The van der Waals surface area contributed by atoms with Crippen molar-refractivity contribution in [3.05, 3.63) is 33.4 Å². The summed E-state index contributed by atoms with van der Waals surface area (Å²) in [5.41, 5.74) is 0. The topological polar surface area (TPSA) is 26.9 Å². The molecule has 0 saturated carbocycles. The molecule has 2 aromatic heterocycles. The summed E-state index contributed by atoms with van der Waals surface area (Å²) in [7, 11) is 0. The average molecular weight is 230 g/mol. The summed E-state index contributed by atoms with van der Waals surface area (Å²) >= 11 is 4.80. The van der Waals surface area contributed by atoms with Crippen LogP contribution < -0.4 is 4.73 Å². The van der Waals surface area contributed by atoms with Crippen molar-refractivity contribution in [3.63, 3.8) is 0 Å². The first-order valence-electron chi connectivity index (χ1n) is 3.04. The predicted molar refractivity (Wildman–Crippen MR) is 48.5 cm³/mol. The molecular formula is C7H4BrNOS. The van der Waals surface area contributed by atoms with E-state index in [0.717, 1.165) is 19.4 Å². The molecule has 0 aliphatic rings. The molecule has 0 atom stereocenters. The molecule has 0 aliphatic heterocycles. The van der Waals surface area contributed by atoms with Gasteiger partial charge in [0.2, 0.25) is 0 Å². The van der Waals surface area contributed by atoms with Gasteiger partial charge in [0, 0.05) is 15.9 Å². The van der Waals surface area contributed by atoms with Crippen molar-refractivity contribution in [3.8, 4) is 0 Å². The monoisotopic (exact) mass is 229 g/mol. The maximum atomic E-state index is 11.1. The summed E-state index contributed by atoms with van der Waals surface area (Å²) in [6, 6.07) is 3.66. The van der Waals surface area contributed by atoms with Crippen LogP contribution in [0.1, 0.15) is 0 Å². The van der Waals surface area contributed by atoms with Gasteiger partial charge < -0.3 is 5.21 Å². The van der Waals surface area contributed by atoms with Crippen LogP contribution >= 0.6 is 27.3 Å². The minimum atomic E-state index is 0.749. The van der Waals surface area contributed by atoms with Crippen molar-refractivity contribution < 1.29 is 4.73 Å². The molecule has 0 spiro atoms. The van der Waals surface area contributed by atoms with E-state index < -0.39 is 0 Å². The van der Waals surface area contributed by atoms with E-state index in [2.05, 4.69) is 15.9 Å². The third kappa shape index (κ3) is 1.02. The van der Waals surface area contributed by atoms with Crippen LogP contribution in [-0.2, 0) is 0 Å². The minimum absolute atomic E-state index is 0.749. The van der Waals surface area contributed by atoms with Crippen LogP contribution in [0.5, 0.6) is 0 Å². The highest BCUT2D eigenvalue weighted by atomic mass is 79.9. The second-order valence-corrected chi connectivity index (χ2v) is 3.85. The Morgan fingerprint density at radius 1 is 1.55 bits per heavy atom. The first kappa shape index (κ1) is 7.06. The number of hydrogen-bond acceptors (Lipinski definition) is 2. The number of rotatable bonds is 0. The predicted octanol–water partition coefficient (Wildman–Crippen LogP) is 2.30. The van der Waals surface area contributed by atoms with Crippen molar-refractivity contribution in [2.75, 3.05) is 0 Å². The van der Waals surface area contributed by atoms with E-state index in [1.54, 1.807) is 6.07 Å². The Morgan fingerprint density at radius 3 is 3.09 bits per heavy atom. The van der Waals surface area contributed by atoms with Crippen LogP contribution in [0.15, 0.2) is 28.2 Å². The summed E-state index contributed by atoms with van der Waals surface area (Å²) in [5, 5.41) is 14.0.